The Kier molecular flexibility index (Phi) is 9.87. The van der Waals surface area contributed by atoms with E-state index in [1.165, 1.54) is 4.90 Å². The SMILES string of the molecule is CCc1ccc(N(C(=O)CCC(=O)Nc2cc(C)on2)[C@@H](C(=O)NC(C)(C)CC)c2ccc(OC)cc2)cc1. The summed E-state index contributed by atoms with van der Waals surface area (Å²) in [6, 6.07) is 15.3. The fourth-order valence-corrected chi connectivity index (χ4v) is 4.00. The summed E-state index contributed by atoms with van der Waals surface area (Å²) in [6.45, 7) is 9.64. The average Bonchev–Trinajstić information content (AvgIpc) is 3.34. The number of benzene rings is 2. The molecule has 1 atom stereocenters. The second-order valence-electron chi connectivity index (χ2n) is 10.1. The highest BCUT2D eigenvalue weighted by Gasteiger charge is 2.35. The Morgan fingerprint density at radius 3 is 2.23 bits per heavy atom. The highest BCUT2D eigenvalue weighted by Crippen LogP contribution is 2.31. The van der Waals surface area contributed by atoms with Crippen LogP contribution in [-0.4, -0.2) is 35.5 Å². The third-order valence-electron chi connectivity index (χ3n) is 6.64. The molecule has 3 aromatic rings. The van der Waals surface area contributed by atoms with Crippen molar-refractivity contribution >= 4 is 29.2 Å². The van der Waals surface area contributed by atoms with Crippen LogP contribution in [0.25, 0.3) is 0 Å². The maximum atomic E-state index is 13.9. The van der Waals surface area contributed by atoms with Crippen molar-refractivity contribution in [1.29, 1.82) is 0 Å². The van der Waals surface area contributed by atoms with E-state index in [4.69, 9.17) is 9.26 Å². The van der Waals surface area contributed by atoms with Crippen LogP contribution in [0.3, 0.4) is 0 Å². The van der Waals surface area contributed by atoms with E-state index in [0.717, 1.165) is 12.0 Å². The molecule has 1 aromatic heterocycles. The van der Waals surface area contributed by atoms with Gasteiger partial charge in [-0.05, 0) is 69.0 Å². The second-order valence-corrected chi connectivity index (χ2v) is 10.1. The minimum absolute atomic E-state index is 0.0916. The molecule has 0 unspecified atom stereocenters. The first-order chi connectivity index (χ1) is 18.6. The third-order valence-corrected chi connectivity index (χ3v) is 6.64. The van der Waals surface area contributed by atoms with E-state index in [0.29, 0.717) is 29.2 Å². The van der Waals surface area contributed by atoms with E-state index in [1.54, 1.807) is 44.4 Å². The Bertz CT molecular complexity index is 1270. The summed E-state index contributed by atoms with van der Waals surface area (Å²) in [7, 11) is 1.57. The van der Waals surface area contributed by atoms with Crippen molar-refractivity contribution in [2.45, 2.75) is 71.9 Å². The van der Waals surface area contributed by atoms with Crippen LogP contribution >= 0.6 is 0 Å². The quantitative estimate of drug-likeness (QED) is 0.324. The lowest BCUT2D eigenvalue weighted by Gasteiger charge is -2.35. The van der Waals surface area contributed by atoms with E-state index >= 15 is 0 Å². The number of rotatable bonds is 12. The van der Waals surface area contributed by atoms with Crippen molar-refractivity contribution in [2.24, 2.45) is 0 Å². The molecule has 1 heterocycles. The number of aryl methyl sites for hydroxylation is 2. The van der Waals surface area contributed by atoms with Gasteiger partial charge in [-0.2, -0.15) is 0 Å². The zero-order valence-electron chi connectivity index (χ0n) is 23.5. The van der Waals surface area contributed by atoms with Crippen LogP contribution < -0.4 is 20.3 Å². The number of carbonyl (C=O) groups is 3. The van der Waals surface area contributed by atoms with Gasteiger partial charge in [0.25, 0.3) is 0 Å². The molecule has 39 heavy (non-hydrogen) atoms. The topological polar surface area (TPSA) is 114 Å². The number of amides is 3. The lowest BCUT2D eigenvalue weighted by molar-refractivity contribution is -0.128. The number of carbonyl (C=O) groups excluding carboxylic acids is 3. The van der Waals surface area contributed by atoms with Crippen LogP contribution in [0.1, 0.15) is 69.9 Å². The van der Waals surface area contributed by atoms with Crippen molar-refractivity contribution in [2.75, 3.05) is 17.3 Å². The molecule has 3 rings (SSSR count). The first-order valence-electron chi connectivity index (χ1n) is 13.2. The van der Waals surface area contributed by atoms with Gasteiger partial charge in [0.1, 0.15) is 17.6 Å². The van der Waals surface area contributed by atoms with Crippen LogP contribution in [0.15, 0.2) is 59.1 Å². The first kappa shape index (κ1) is 29.4. The Labute approximate surface area is 229 Å². The van der Waals surface area contributed by atoms with Crippen molar-refractivity contribution in [3.05, 3.63) is 71.5 Å². The van der Waals surface area contributed by atoms with Crippen molar-refractivity contribution < 1.29 is 23.6 Å². The Balaban J connectivity index is 1.98. The molecule has 208 valence electrons. The molecule has 9 heteroatoms. The maximum Gasteiger partial charge on any atom is 0.248 e. The third kappa shape index (κ3) is 7.92. The van der Waals surface area contributed by atoms with Crippen LogP contribution in [-0.2, 0) is 20.8 Å². The number of ether oxygens (including phenoxy) is 1. The molecule has 2 N–H and O–H groups in total. The predicted octanol–water partition coefficient (Wildman–Crippen LogP) is 5.35. The standard InChI is InChI=1S/C30H38N4O5/c1-7-21-9-13-23(14-10-21)34(27(36)18-17-26(35)31-25-19-20(3)39-33-25)28(29(37)32-30(4,5)8-2)22-11-15-24(38-6)16-12-22/h9-16,19,28H,7-8,17-18H2,1-6H3,(H,32,37)(H,31,33,35)/t28-/m1/s1. The number of anilines is 2. The molecular formula is C30H38N4O5. The largest absolute Gasteiger partial charge is 0.497 e. The summed E-state index contributed by atoms with van der Waals surface area (Å²) >= 11 is 0. The summed E-state index contributed by atoms with van der Waals surface area (Å²) in [4.78, 5) is 41.8. The van der Waals surface area contributed by atoms with Crippen LogP contribution in [0.2, 0.25) is 0 Å². The number of methoxy groups -OCH3 is 1. The van der Waals surface area contributed by atoms with Crippen molar-refractivity contribution in [3.8, 4) is 5.75 Å². The Hall–Kier alpha value is -4.14. The normalized spacial score (nSPS) is 11.9. The Morgan fingerprint density at radius 2 is 1.69 bits per heavy atom. The minimum atomic E-state index is -0.969. The molecule has 0 saturated carbocycles. The number of nitrogens with one attached hydrogen (secondary N) is 2. The Morgan fingerprint density at radius 1 is 1.03 bits per heavy atom. The number of nitrogens with zero attached hydrogens (tertiary/aromatic N) is 2. The average molecular weight is 535 g/mol. The summed E-state index contributed by atoms with van der Waals surface area (Å²) in [6.07, 6.45) is 1.33. The molecule has 0 fully saturated rings. The second kappa shape index (κ2) is 13.1. The number of hydrogen-bond donors (Lipinski definition) is 2. The molecule has 3 amide bonds. The van der Waals surface area contributed by atoms with E-state index in [9.17, 15) is 14.4 Å². The zero-order chi connectivity index (χ0) is 28.6. The van der Waals surface area contributed by atoms with E-state index < -0.39 is 11.6 Å². The van der Waals surface area contributed by atoms with Crippen molar-refractivity contribution in [3.63, 3.8) is 0 Å². The lowest BCUT2D eigenvalue weighted by atomic mass is 9.97. The molecule has 0 radical (unpaired) electrons. The molecule has 0 aliphatic rings. The monoisotopic (exact) mass is 534 g/mol. The molecule has 2 aromatic carbocycles. The first-order valence-corrected chi connectivity index (χ1v) is 13.2. The molecular weight excluding hydrogens is 496 g/mol. The summed E-state index contributed by atoms with van der Waals surface area (Å²) in [5.74, 6) is 0.423. The highest BCUT2D eigenvalue weighted by molar-refractivity contribution is 6.03. The van der Waals surface area contributed by atoms with E-state index in [1.807, 2.05) is 52.0 Å². The number of aromatic nitrogens is 1. The molecule has 0 saturated heterocycles. The van der Waals surface area contributed by atoms with Gasteiger partial charge in [0.2, 0.25) is 17.7 Å². The zero-order valence-corrected chi connectivity index (χ0v) is 23.5. The fraction of sp³-hybridized carbons (Fsp3) is 0.400. The summed E-state index contributed by atoms with van der Waals surface area (Å²) in [5.41, 5.74) is 1.80. The molecule has 0 aliphatic carbocycles. The van der Waals surface area contributed by atoms with Crippen molar-refractivity contribution in [1.82, 2.24) is 10.5 Å². The fourth-order valence-electron chi connectivity index (χ4n) is 4.00. The minimum Gasteiger partial charge on any atom is -0.497 e. The van der Waals surface area contributed by atoms with Gasteiger partial charge >= 0.3 is 0 Å². The van der Waals surface area contributed by atoms with Gasteiger partial charge in [-0.3, -0.25) is 19.3 Å². The van der Waals surface area contributed by atoms with Gasteiger partial charge in [0, 0.05) is 30.1 Å². The maximum absolute atomic E-state index is 13.9. The van der Waals surface area contributed by atoms with Gasteiger partial charge in [-0.1, -0.05) is 43.3 Å². The van der Waals surface area contributed by atoms with Crippen LogP contribution in [0.5, 0.6) is 5.75 Å². The predicted molar refractivity (Wildman–Crippen MR) is 151 cm³/mol. The van der Waals surface area contributed by atoms with Gasteiger partial charge in [-0.15, -0.1) is 0 Å². The van der Waals surface area contributed by atoms with Crippen LogP contribution in [0.4, 0.5) is 11.5 Å². The molecule has 0 spiro atoms. The van der Waals surface area contributed by atoms with E-state index in [-0.39, 0.29) is 36.4 Å². The summed E-state index contributed by atoms with van der Waals surface area (Å²) < 4.78 is 10.3. The smallest absolute Gasteiger partial charge is 0.248 e. The molecule has 9 nitrogen and oxygen atoms in total. The van der Waals surface area contributed by atoms with Crippen LogP contribution in [0, 0.1) is 6.92 Å². The van der Waals surface area contributed by atoms with Gasteiger partial charge in [0.15, 0.2) is 5.82 Å². The lowest BCUT2D eigenvalue weighted by Crippen LogP contribution is -2.50. The van der Waals surface area contributed by atoms with E-state index in [2.05, 4.69) is 15.8 Å². The number of hydrogen-bond acceptors (Lipinski definition) is 6. The summed E-state index contributed by atoms with van der Waals surface area (Å²) in [5, 5.41) is 9.50. The van der Waals surface area contributed by atoms with Gasteiger partial charge < -0.3 is 19.9 Å². The van der Waals surface area contributed by atoms with Gasteiger partial charge in [0.05, 0.1) is 7.11 Å². The molecule has 0 bridgehead atoms. The molecule has 0 aliphatic heterocycles. The van der Waals surface area contributed by atoms with Gasteiger partial charge in [-0.25, -0.2) is 0 Å². The highest BCUT2D eigenvalue weighted by atomic mass is 16.5.